The lowest BCUT2D eigenvalue weighted by Crippen LogP contribution is -2.53. The molecule has 3 heteroatoms. The fourth-order valence-electron chi connectivity index (χ4n) is 4.94. The van der Waals surface area contributed by atoms with Gasteiger partial charge in [0.15, 0.2) is 0 Å². The van der Waals surface area contributed by atoms with E-state index in [4.69, 9.17) is 0 Å². The first kappa shape index (κ1) is 15.8. The Hall–Kier alpha value is -0.120. The quantitative estimate of drug-likeness (QED) is 0.812. The van der Waals surface area contributed by atoms with Crippen molar-refractivity contribution in [2.24, 2.45) is 5.41 Å². The van der Waals surface area contributed by atoms with E-state index in [0.717, 1.165) is 12.6 Å². The Morgan fingerprint density at radius 3 is 2.24 bits per heavy atom. The number of rotatable bonds is 6. The van der Waals surface area contributed by atoms with Crippen molar-refractivity contribution in [2.75, 3.05) is 45.8 Å². The minimum Gasteiger partial charge on any atom is -0.316 e. The van der Waals surface area contributed by atoms with Crippen molar-refractivity contribution >= 4 is 0 Å². The second kappa shape index (κ2) is 7.43. The second-order valence-corrected chi connectivity index (χ2v) is 7.74. The molecule has 0 spiro atoms. The van der Waals surface area contributed by atoms with E-state index in [1.54, 1.807) is 0 Å². The van der Waals surface area contributed by atoms with Crippen LogP contribution < -0.4 is 5.32 Å². The number of nitrogens with one attached hydrogen (secondary N) is 1. The highest BCUT2D eigenvalue weighted by Crippen LogP contribution is 2.38. The van der Waals surface area contributed by atoms with Crippen LogP contribution >= 0.6 is 0 Å². The van der Waals surface area contributed by atoms with E-state index in [1.807, 2.05) is 0 Å². The summed E-state index contributed by atoms with van der Waals surface area (Å²) >= 11 is 0. The zero-order chi connectivity index (χ0) is 14.5. The highest BCUT2D eigenvalue weighted by Gasteiger charge is 2.36. The molecule has 0 unspecified atom stereocenters. The lowest BCUT2D eigenvalue weighted by molar-refractivity contribution is 0.0648. The van der Waals surface area contributed by atoms with E-state index >= 15 is 0 Å². The summed E-state index contributed by atoms with van der Waals surface area (Å²) in [6, 6.07) is 0.925. The van der Waals surface area contributed by atoms with Crippen molar-refractivity contribution < 1.29 is 0 Å². The zero-order valence-electron chi connectivity index (χ0n) is 14.1. The molecular weight excluding hydrogens is 258 g/mol. The summed E-state index contributed by atoms with van der Waals surface area (Å²) in [5.41, 5.74) is 0.589. The van der Waals surface area contributed by atoms with Gasteiger partial charge in [0.05, 0.1) is 0 Å². The van der Waals surface area contributed by atoms with E-state index in [9.17, 15) is 0 Å². The number of hydrogen-bond acceptors (Lipinski definition) is 3. The summed E-state index contributed by atoms with van der Waals surface area (Å²) in [5.74, 6) is 0. The summed E-state index contributed by atoms with van der Waals surface area (Å²) in [4.78, 5) is 5.56. The Balaban J connectivity index is 1.47. The maximum atomic E-state index is 3.64. The van der Waals surface area contributed by atoms with Gasteiger partial charge in [-0.15, -0.1) is 0 Å². The Bertz CT molecular complexity index is 298. The molecule has 2 saturated carbocycles. The first-order chi connectivity index (χ1) is 10.3. The Morgan fingerprint density at radius 1 is 0.952 bits per heavy atom. The molecule has 3 aliphatic rings. The van der Waals surface area contributed by atoms with E-state index in [1.165, 1.54) is 90.6 Å². The molecule has 1 aliphatic heterocycles. The zero-order valence-corrected chi connectivity index (χ0v) is 14.1. The van der Waals surface area contributed by atoms with Gasteiger partial charge in [-0.05, 0) is 37.6 Å². The molecular formula is C18H35N3. The van der Waals surface area contributed by atoms with Crippen LogP contribution in [0.15, 0.2) is 0 Å². The highest BCUT2D eigenvalue weighted by atomic mass is 15.3. The average molecular weight is 293 g/mol. The molecule has 0 radical (unpaired) electrons. The van der Waals surface area contributed by atoms with Gasteiger partial charge < -0.3 is 10.2 Å². The summed E-state index contributed by atoms with van der Waals surface area (Å²) in [7, 11) is 0. The van der Waals surface area contributed by atoms with Gasteiger partial charge in [-0.1, -0.05) is 32.6 Å². The molecule has 0 aromatic heterocycles. The van der Waals surface area contributed by atoms with Gasteiger partial charge in [0.25, 0.3) is 0 Å². The van der Waals surface area contributed by atoms with Crippen LogP contribution in [-0.4, -0.2) is 61.7 Å². The molecule has 21 heavy (non-hydrogen) atoms. The van der Waals surface area contributed by atoms with Crippen molar-refractivity contribution in [2.45, 2.75) is 64.3 Å². The topological polar surface area (TPSA) is 18.5 Å². The summed E-state index contributed by atoms with van der Waals surface area (Å²) in [5, 5.41) is 3.64. The molecule has 1 heterocycles. The van der Waals surface area contributed by atoms with E-state index < -0.39 is 0 Å². The SMILES string of the molecule is CCNCC1(CN2CCN(C3CCCC3)CC2)CCCC1. The maximum Gasteiger partial charge on any atom is 0.0113 e. The molecule has 122 valence electrons. The van der Waals surface area contributed by atoms with Gasteiger partial charge in [-0.2, -0.15) is 0 Å². The minimum absolute atomic E-state index is 0.589. The molecule has 0 aromatic rings. The summed E-state index contributed by atoms with van der Waals surface area (Å²) < 4.78 is 0. The van der Waals surface area contributed by atoms with Crippen LogP contribution in [0.5, 0.6) is 0 Å². The molecule has 3 nitrogen and oxygen atoms in total. The summed E-state index contributed by atoms with van der Waals surface area (Å²) in [6.45, 7) is 11.2. The molecule has 1 N–H and O–H groups in total. The van der Waals surface area contributed by atoms with Gasteiger partial charge in [0, 0.05) is 45.3 Å². The Kier molecular flexibility index (Phi) is 5.58. The van der Waals surface area contributed by atoms with Gasteiger partial charge >= 0.3 is 0 Å². The third kappa shape index (κ3) is 4.00. The minimum atomic E-state index is 0.589. The number of hydrogen-bond donors (Lipinski definition) is 1. The highest BCUT2D eigenvalue weighted by molar-refractivity contribution is 4.91. The largest absolute Gasteiger partial charge is 0.316 e. The van der Waals surface area contributed by atoms with Crippen LogP contribution in [0.2, 0.25) is 0 Å². The van der Waals surface area contributed by atoms with E-state index in [2.05, 4.69) is 22.0 Å². The Morgan fingerprint density at radius 2 is 1.62 bits per heavy atom. The molecule has 3 fully saturated rings. The van der Waals surface area contributed by atoms with Crippen LogP contribution in [-0.2, 0) is 0 Å². The van der Waals surface area contributed by atoms with Crippen molar-refractivity contribution in [3.05, 3.63) is 0 Å². The van der Waals surface area contributed by atoms with Crippen molar-refractivity contribution in [3.63, 3.8) is 0 Å². The van der Waals surface area contributed by atoms with Crippen molar-refractivity contribution in [3.8, 4) is 0 Å². The van der Waals surface area contributed by atoms with Crippen molar-refractivity contribution in [1.29, 1.82) is 0 Å². The predicted octanol–water partition coefficient (Wildman–Crippen LogP) is 2.72. The molecule has 0 bridgehead atoms. The smallest absolute Gasteiger partial charge is 0.0113 e. The molecule has 3 rings (SSSR count). The van der Waals surface area contributed by atoms with E-state index in [0.29, 0.717) is 5.41 Å². The lowest BCUT2D eigenvalue weighted by Gasteiger charge is -2.42. The third-order valence-corrected chi connectivity index (χ3v) is 6.22. The van der Waals surface area contributed by atoms with Crippen molar-refractivity contribution in [1.82, 2.24) is 15.1 Å². The number of nitrogens with zero attached hydrogens (tertiary/aromatic N) is 2. The van der Waals surface area contributed by atoms with E-state index in [-0.39, 0.29) is 0 Å². The van der Waals surface area contributed by atoms with Gasteiger partial charge in [0.1, 0.15) is 0 Å². The average Bonchev–Trinajstić information content (AvgIpc) is 3.18. The fourth-order valence-corrected chi connectivity index (χ4v) is 4.94. The van der Waals surface area contributed by atoms with Gasteiger partial charge in [-0.3, -0.25) is 4.90 Å². The predicted molar refractivity (Wildman–Crippen MR) is 89.7 cm³/mol. The first-order valence-corrected chi connectivity index (χ1v) is 9.48. The lowest BCUT2D eigenvalue weighted by atomic mass is 9.85. The van der Waals surface area contributed by atoms with Crippen LogP contribution in [0.25, 0.3) is 0 Å². The summed E-state index contributed by atoms with van der Waals surface area (Å²) in [6.07, 6.45) is 11.7. The molecule has 0 amide bonds. The molecule has 0 aromatic carbocycles. The molecule has 1 saturated heterocycles. The third-order valence-electron chi connectivity index (χ3n) is 6.22. The van der Waals surface area contributed by atoms with Gasteiger partial charge in [0.2, 0.25) is 0 Å². The molecule has 0 atom stereocenters. The van der Waals surface area contributed by atoms with Crippen LogP contribution in [0.3, 0.4) is 0 Å². The number of piperazine rings is 1. The van der Waals surface area contributed by atoms with Crippen LogP contribution in [0.4, 0.5) is 0 Å². The molecule has 2 aliphatic carbocycles. The maximum absolute atomic E-state index is 3.64. The normalized spacial score (nSPS) is 28.4. The first-order valence-electron chi connectivity index (χ1n) is 9.48. The second-order valence-electron chi connectivity index (χ2n) is 7.74. The standard InChI is InChI=1S/C18H35N3/c1-2-19-15-18(9-5-6-10-18)16-20-11-13-21(14-12-20)17-7-3-4-8-17/h17,19H,2-16H2,1H3. The van der Waals surface area contributed by atoms with Crippen LogP contribution in [0.1, 0.15) is 58.3 Å². The monoisotopic (exact) mass is 293 g/mol. The van der Waals surface area contributed by atoms with Crippen LogP contribution in [0, 0.1) is 5.41 Å². The fraction of sp³-hybridized carbons (Fsp3) is 1.00. The Labute approximate surface area is 131 Å². The van der Waals surface area contributed by atoms with Gasteiger partial charge in [-0.25, -0.2) is 0 Å².